The van der Waals surface area contributed by atoms with Gasteiger partial charge < -0.3 is 14.1 Å². The number of esters is 1. The molecule has 2 aromatic rings. The van der Waals surface area contributed by atoms with E-state index in [0.29, 0.717) is 31.9 Å². The molecule has 0 N–H and O–H groups in total. The number of furan rings is 1. The molecule has 1 aromatic carbocycles. The third kappa shape index (κ3) is 4.56. The predicted octanol–water partition coefficient (Wildman–Crippen LogP) is 3.32. The zero-order valence-corrected chi connectivity index (χ0v) is 16.5. The molecule has 6 nitrogen and oxygen atoms in total. The number of methoxy groups -OCH3 is 1. The minimum Gasteiger partial charge on any atom is -0.463 e. The fourth-order valence-electron chi connectivity index (χ4n) is 3.07. The van der Waals surface area contributed by atoms with Crippen molar-refractivity contribution in [3.8, 4) is 0 Å². The summed E-state index contributed by atoms with van der Waals surface area (Å²) in [4.78, 5) is 28.0. The first-order valence-electron chi connectivity index (χ1n) is 8.62. The number of rotatable bonds is 4. The zero-order chi connectivity index (χ0) is 19.4. The molecule has 1 saturated heterocycles. The molecule has 2 heterocycles. The summed E-state index contributed by atoms with van der Waals surface area (Å²) in [5, 5.41) is 0. The molecule has 1 aliphatic heterocycles. The fraction of sp³-hybridized carbons (Fsp3) is 0.368. The van der Waals surface area contributed by atoms with Crippen LogP contribution in [0.1, 0.15) is 33.1 Å². The van der Waals surface area contributed by atoms with E-state index in [-0.39, 0.29) is 21.7 Å². The molecule has 0 unspecified atom stereocenters. The van der Waals surface area contributed by atoms with Crippen LogP contribution in [0.5, 0.6) is 0 Å². The van der Waals surface area contributed by atoms with Crippen LogP contribution in [0.2, 0.25) is 0 Å². The molecule has 0 atom stereocenters. The van der Waals surface area contributed by atoms with Crippen molar-refractivity contribution in [2.75, 3.05) is 33.3 Å². The topological polar surface area (TPSA) is 63.0 Å². The first-order chi connectivity index (χ1) is 13.0. The van der Waals surface area contributed by atoms with Crippen molar-refractivity contribution in [3.05, 3.63) is 57.7 Å². The number of benzene rings is 1. The molecule has 0 saturated carbocycles. The maximum atomic E-state index is 14.2. The number of hydrogen-bond donors (Lipinski definition) is 0. The molecule has 0 aliphatic carbocycles. The van der Waals surface area contributed by atoms with Crippen molar-refractivity contribution in [1.29, 1.82) is 0 Å². The summed E-state index contributed by atoms with van der Waals surface area (Å²) in [6.45, 7) is 3.00. The molecule has 27 heavy (non-hydrogen) atoms. The molecule has 8 heteroatoms. The lowest BCUT2D eigenvalue weighted by molar-refractivity contribution is 0.0560. The molecular weight excluding hydrogens is 419 g/mol. The number of ether oxygens (including phenoxy) is 1. The van der Waals surface area contributed by atoms with Gasteiger partial charge in [0.1, 0.15) is 11.6 Å². The Bertz CT molecular complexity index is 839. The number of halogens is 2. The second-order valence-corrected chi connectivity index (χ2v) is 7.14. The van der Waals surface area contributed by atoms with Gasteiger partial charge in [0.2, 0.25) is 5.76 Å². The first-order valence-corrected chi connectivity index (χ1v) is 9.41. The Kier molecular flexibility index (Phi) is 6.28. The average Bonchev–Trinajstić information content (AvgIpc) is 3.01. The number of nitrogens with zero attached hydrogens (tertiary/aromatic N) is 2. The quantitative estimate of drug-likeness (QED) is 0.685. The van der Waals surface area contributed by atoms with Crippen LogP contribution in [0.15, 0.2) is 39.2 Å². The maximum absolute atomic E-state index is 14.2. The molecular formula is C19H20BrFN2O4. The Morgan fingerprint density at radius 3 is 2.78 bits per heavy atom. The number of hydrogen-bond acceptors (Lipinski definition) is 5. The van der Waals surface area contributed by atoms with E-state index in [1.165, 1.54) is 13.2 Å². The Labute approximate surface area is 165 Å². The van der Waals surface area contributed by atoms with Crippen molar-refractivity contribution < 1.29 is 23.1 Å². The molecule has 144 valence electrons. The summed E-state index contributed by atoms with van der Waals surface area (Å²) in [7, 11) is 1.30. The van der Waals surface area contributed by atoms with E-state index in [4.69, 9.17) is 4.42 Å². The summed E-state index contributed by atoms with van der Waals surface area (Å²) in [5.74, 6) is -0.515. The van der Waals surface area contributed by atoms with Crippen molar-refractivity contribution in [2.24, 2.45) is 0 Å². The largest absolute Gasteiger partial charge is 0.463 e. The Hall–Kier alpha value is -2.19. The van der Waals surface area contributed by atoms with Crippen LogP contribution < -0.4 is 0 Å². The van der Waals surface area contributed by atoms with Gasteiger partial charge in [0.25, 0.3) is 5.91 Å². The third-order valence-corrected chi connectivity index (χ3v) is 5.10. The summed E-state index contributed by atoms with van der Waals surface area (Å²) < 4.78 is 24.6. The van der Waals surface area contributed by atoms with E-state index in [9.17, 15) is 14.0 Å². The van der Waals surface area contributed by atoms with Crippen LogP contribution in [0.3, 0.4) is 0 Å². The summed E-state index contributed by atoms with van der Waals surface area (Å²) in [6, 6.07) is 8.06. The normalized spacial score (nSPS) is 15.4. The van der Waals surface area contributed by atoms with Gasteiger partial charge in [0.15, 0.2) is 0 Å². The molecule has 0 bridgehead atoms. The summed E-state index contributed by atoms with van der Waals surface area (Å²) in [6.07, 6.45) is 0.770. The molecule has 1 aromatic heterocycles. The second-order valence-electron chi connectivity index (χ2n) is 6.28. The van der Waals surface area contributed by atoms with Gasteiger partial charge in [-0.05, 0) is 46.6 Å². The fourth-order valence-corrected chi connectivity index (χ4v) is 3.43. The lowest BCUT2D eigenvalue weighted by atomic mass is 10.2. The minimum atomic E-state index is -0.533. The van der Waals surface area contributed by atoms with Crippen LogP contribution in [0.4, 0.5) is 4.39 Å². The Balaban J connectivity index is 1.62. The monoisotopic (exact) mass is 438 g/mol. The van der Waals surface area contributed by atoms with Crippen molar-refractivity contribution >= 4 is 27.8 Å². The van der Waals surface area contributed by atoms with Crippen LogP contribution in [0.25, 0.3) is 0 Å². The number of carbonyl (C=O) groups excluding carboxylic acids is 2. The highest BCUT2D eigenvalue weighted by Gasteiger charge is 2.24. The Morgan fingerprint density at radius 2 is 2.00 bits per heavy atom. The predicted molar refractivity (Wildman–Crippen MR) is 99.9 cm³/mol. The second kappa shape index (κ2) is 8.67. The summed E-state index contributed by atoms with van der Waals surface area (Å²) in [5.41, 5.74) is 0.0755. The van der Waals surface area contributed by atoms with Crippen LogP contribution in [-0.4, -0.2) is 55.0 Å². The Morgan fingerprint density at radius 1 is 1.19 bits per heavy atom. The number of amides is 1. The van der Waals surface area contributed by atoms with Crippen molar-refractivity contribution in [3.63, 3.8) is 0 Å². The lowest BCUT2D eigenvalue weighted by Gasteiger charge is -2.22. The van der Waals surface area contributed by atoms with Gasteiger partial charge in [-0.25, -0.2) is 9.18 Å². The van der Waals surface area contributed by atoms with E-state index in [1.807, 2.05) is 0 Å². The molecule has 0 spiro atoms. The van der Waals surface area contributed by atoms with Crippen LogP contribution >= 0.6 is 15.9 Å². The van der Waals surface area contributed by atoms with Gasteiger partial charge in [-0.15, -0.1) is 0 Å². The van der Waals surface area contributed by atoms with Gasteiger partial charge in [-0.1, -0.05) is 6.07 Å². The maximum Gasteiger partial charge on any atom is 0.373 e. The van der Waals surface area contributed by atoms with Crippen molar-refractivity contribution in [1.82, 2.24) is 9.80 Å². The molecule has 0 radical (unpaired) electrons. The van der Waals surface area contributed by atoms with Gasteiger partial charge >= 0.3 is 5.97 Å². The SMILES string of the molecule is COC(=O)c1ccc(CN2CCCN(C(=O)c3cccc(Br)c3F)CC2)o1. The van der Waals surface area contributed by atoms with Gasteiger partial charge in [0.05, 0.1) is 23.7 Å². The van der Waals surface area contributed by atoms with Gasteiger partial charge in [0, 0.05) is 26.2 Å². The van der Waals surface area contributed by atoms with Gasteiger partial charge in [-0.3, -0.25) is 9.69 Å². The molecule has 1 amide bonds. The first kappa shape index (κ1) is 19.6. The zero-order valence-electron chi connectivity index (χ0n) is 14.9. The highest BCUT2D eigenvalue weighted by Crippen LogP contribution is 2.21. The third-order valence-electron chi connectivity index (χ3n) is 4.49. The van der Waals surface area contributed by atoms with Crippen molar-refractivity contribution in [2.45, 2.75) is 13.0 Å². The minimum absolute atomic E-state index is 0.0755. The average molecular weight is 439 g/mol. The molecule has 1 fully saturated rings. The van der Waals surface area contributed by atoms with E-state index >= 15 is 0 Å². The van der Waals surface area contributed by atoms with E-state index in [2.05, 4.69) is 25.6 Å². The van der Waals surface area contributed by atoms with E-state index in [0.717, 1.165) is 13.0 Å². The van der Waals surface area contributed by atoms with E-state index < -0.39 is 11.8 Å². The molecule has 3 rings (SSSR count). The highest BCUT2D eigenvalue weighted by atomic mass is 79.9. The van der Waals surface area contributed by atoms with Gasteiger partial charge in [-0.2, -0.15) is 0 Å². The molecule has 1 aliphatic rings. The highest BCUT2D eigenvalue weighted by molar-refractivity contribution is 9.10. The van der Waals surface area contributed by atoms with E-state index in [1.54, 1.807) is 29.2 Å². The smallest absolute Gasteiger partial charge is 0.373 e. The van der Waals surface area contributed by atoms with Crippen LogP contribution in [-0.2, 0) is 11.3 Å². The van der Waals surface area contributed by atoms with Crippen LogP contribution in [0, 0.1) is 5.82 Å². The standard InChI is InChI=1S/C19H20BrFN2O4/c1-26-19(25)16-7-6-13(27-16)12-22-8-3-9-23(11-10-22)18(24)14-4-2-5-15(20)17(14)21/h2,4-7H,3,8-12H2,1H3. The number of carbonyl (C=O) groups is 2. The summed E-state index contributed by atoms with van der Waals surface area (Å²) >= 11 is 3.12. The lowest BCUT2D eigenvalue weighted by Crippen LogP contribution is -2.35.